The van der Waals surface area contributed by atoms with Crippen LogP contribution in [0.25, 0.3) is 0 Å². The average molecular weight is 429 g/mol. The fraction of sp³-hybridized carbons (Fsp3) is 0.833. The Labute approximate surface area is 185 Å². The zero-order chi connectivity index (χ0) is 22.9. The van der Waals surface area contributed by atoms with E-state index in [1.165, 1.54) is 75.7 Å². The molecule has 0 aliphatic rings. The van der Waals surface area contributed by atoms with Crippen LogP contribution in [0.5, 0.6) is 0 Å². The number of amides is 1. The molecule has 0 saturated heterocycles. The SMILES string of the molecule is CCCCCCCC/C=C\CCCCCCCC(N)=O.CCON(CC)CC(=O)O. The first-order valence-corrected chi connectivity index (χ1v) is 12.0. The Morgan fingerprint density at radius 1 is 0.833 bits per heavy atom. The number of hydrogen-bond acceptors (Lipinski definition) is 4. The van der Waals surface area contributed by atoms with E-state index >= 15 is 0 Å². The topological polar surface area (TPSA) is 92.9 Å². The van der Waals surface area contributed by atoms with Crippen molar-refractivity contribution >= 4 is 11.9 Å². The number of carbonyl (C=O) groups excluding carboxylic acids is 1. The van der Waals surface area contributed by atoms with Crippen molar-refractivity contribution in [1.82, 2.24) is 5.06 Å². The number of nitrogens with two attached hydrogens (primary N) is 1. The van der Waals surface area contributed by atoms with Crippen LogP contribution in [0.4, 0.5) is 0 Å². The first kappa shape index (κ1) is 30.8. The molecule has 0 fully saturated rings. The standard InChI is InChI=1S/C18H35NO.C6H13NO3/c1-2-3-4-5-6-7-8-9-10-11-12-13-14-15-16-17-18(19)20;1-3-7(10-4-2)5-6(8)9/h9-10H,2-8,11-17H2,1H3,(H2,19,20);3-5H2,1-2H3,(H,8,9)/b10-9-;. The van der Waals surface area contributed by atoms with Gasteiger partial charge in [-0.2, -0.15) is 5.06 Å². The lowest BCUT2D eigenvalue weighted by Crippen LogP contribution is -2.29. The van der Waals surface area contributed by atoms with Gasteiger partial charge in [-0.3, -0.25) is 14.4 Å². The predicted molar refractivity (Wildman–Crippen MR) is 125 cm³/mol. The lowest BCUT2D eigenvalue weighted by atomic mass is 10.1. The Hall–Kier alpha value is -1.40. The fourth-order valence-corrected chi connectivity index (χ4v) is 2.95. The van der Waals surface area contributed by atoms with Gasteiger partial charge in [0.25, 0.3) is 0 Å². The maximum atomic E-state index is 10.5. The summed E-state index contributed by atoms with van der Waals surface area (Å²) >= 11 is 0. The maximum Gasteiger partial charge on any atom is 0.320 e. The van der Waals surface area contributed by atoms with Crippen LogP contribution in [0.15, 0.2) is 12.2 Å². The number of carboxylic acid groups (broad SMARTS) is 1. The number of unbranched alkanes of at least 4 members (excludes halogenated alkanes) is 11. The molecule has 0 heterocycles. The summed E-state index contributed by atoms with van der Waals surface area (Å²) in [6, 6.07) is 0. The van der Waals surface area contributed by atoms with Gasteiger partial charge in [-0.05, 0) is 39.0 Å². The molecule has 6 heteroatoms. The Bertz CT molecular complexity index is 414. The molecule has 0 spiro atoms. The molecule has 0 aliphatic heterocycles. The minimum atomic E-state index is -0.865. The molecule has 178 valence electrons. The van der Waals surface area contributed by atoms with E-state index in [-0.39, 0.29) is 12.5 Å². The highest BCUT2D eigenvalue weighted by Crippen LogP contribution is 2.09. The summed E-state index contributed by atoms with van der Waals surface area (Å²) in [5, 5.41) is 9.73. The summed E-state index contributed by atoms with van der Waals surface area (Å²) in [7, 11) is 0. The average Bonchev–Trinajstić information content (AvgIpc) is 2.70. The highest BCUT2D eigenvalue weighted by molar-refractivity contribution is 5.73. The number of hydrogen-bond donors (Lipinski definition) is 2. The molecule has 0 rings (SSSR count). The van der Waals surface area contributed by atoms with Crippen molar-refractivity contribution in [1.29, 1.82) is 0 Å². The molecule has 0 bridgehead atoms. The third-order valence-electron chi connectivity index (χ3n) is 4.66. The van der Waals surface area contributed by atoms with E-state index in [1.807, 2.05) is 13.8 Å². The normalized spacial score (nSPS) is 10.9. The zero-order valence-corrected chi connectivity index (χ0v) is 19.9. The summed E-state index contributed by atoms with van der Waals surface area (Å²) < 4.78 is 0. The quantitative estimate of drug-likeness (QED) is 0.144. The summed E-state index contributed by atoms with van der Waals surface area (Å²) in [6.07, 6.45) is 21.9. The van der Waals surface area contributed by atoms with Crippen LogP contribution in [0.1, 0.15) is 111 Å². The molecule has 0 saturated carbocycles. The van der Waals surface area contributed by atoms with Gasteiger partial charge < -0.3 is 10.8 Å². The second kappa shape index (κ2) is 25.6. The van der Waals surface area contributed by atoms with Crippen LogP contribution in [-0.2, 0) is 14.4 Å². The zero-order valence-electron chi connectivity index (χ0n) is 19.9. The molecular weight excluding hydrogens is 380 g/mol. The van der Waals surface area contributed by atoms with E-state index in [2.05, 4.69) is 19.1 Å². The molecule has 0 aromatic rings. The second-order valence-electron chi connectivity index (χ2n) is 7.57. The molecular formula is C24H48N2O4. The number of aliphatic carboxylic acids is 1. The van der Waals surface area contributed by atoms with Gasteiger partial charge in [-0.1, -0.05) is 77.4 Å². The van der Waals surface area contributed by atoms with Crippen LogP contribution in [-0.4, -0.2) is 41.7 Å². The van der Waals surface area contributed by atoms with Crippen molar-refractivity contribution in [3.05, 3.63) is 12.2 Å². The summed E-state index contributed by atoms with van der Waals surface area (Å²) in [4.78, 5) is 25.6. The van der Waals surface area contributed by atoms with Crippen molar-refractivity contribution < 1.29 is 19.5 Å². The van der Waals surface area contributed by atoms with Gasteiger partial charge in [0.05, 0.1) is 6.61 Å². The highest BCUT2D eigenvalue weighted by Gasteiger charge is 2.05. The van der Waals surface area contributed by atoms with E-state index in [0.29, 0.717) is 19.6 Å². The molecule has 6 nitrogen and oxygen atoms in total. The third-order valence-corrected chi connectivity index (χ3v) is 4.66. The molecule has 0 unspecified atom stereocenters. The monoisotopic (exact) mass is 428 g/mol. The fourth-order valence-electron chi connectivity index (χ4n) is 2.95. The number of allylic oxidation sites excluding steroid dienone is 2. The number of carboxylic acids is 1. The van der Waals surface area contributed by atoms with Gasteiger partial charge in [0.1, 0.15) is 6.54 Å². The number of carbonyl (C=O) groups is 2. The van der Waals surface area contributed by atoms with Crippen LogP contribution in [0.3, 0.4) is 0 Å². The third kappa shape index (κ3) is 28.8. The van der Waals surface area contributed by atoms with Crippen molar-refractivity contribution in [3.63, 3.8) is 0 Å². The number of likely N-dealkylation sites (N-methyl/N-ethyl adjacent to an activating group) is 1. The maximum absolute atomic E-state index is 10.5. The Morgan fingerprint density at radius 2 is 1.33 bits per heavy atom. The first-order valence-electron chi connectivity index (χ1n) is 12.0. The number of primary amides is 1. The molecule has 1 amide bonds. The Kier molecular flexibility index (Phi) is 26.3. The van der Waals surface area contributed by atoms with Gasteiger partial charge >= 0.3 is 5.97 Å². The van der Waals surface area contributed by atoms with Crippen molar-refractivity contribution in [2.24, 2.45) is 5.73 Å². The summed E-state index contributed by atoms with van der Waals surface area (Å²) in [6.45, 7) is 7.00. The van der Waals surface area contributed by atoms with Gasteiger partial charge in [0.15, 0.2) is 0 Å². The van der Waals surface area contributed by atoms with E-state index < -0.39 is 5.97 Å². The van der Waals surface area contributed by atoms with Crippen molar-refractivity contribution in [2.45, 2.75) is 111 Å². The summed E-state index contributed by atoms with van der Waals surface area (Å²) in [5.74, 6) is -1.03. The molecule has 0 aromatic heterocycles. The highest BCUT2D eigenvalue weighted by atomic mass is 16.7. The lowest BCUT2D eigenvalue weighted by molar-refractivity contribution is -0.172. The van der Waals surface area contributed by atoms with E-state index in [0.717, 1.165) is 12.8 Å². The molecule has 0 atom stereocenters. The minimum absolute atomic E-state index is 0.0513. The lowest BCUT2D eigenvalue weighted by Gasteiger charge is -2.15. The molecule has 3 N–H and O–H groups in total. The van der Waals surface area contributed by atoms with Gasteiger partial charge in [-0.15, -0.1) is 0 Å². The number of nitrogens with zero attached hydrogens (tertiary/aromatic N) is 1. The Morgan fingerprint density at radius 3 is 1.77 bits per heavy atom. The molecule has 0 radical (unpaired) electrons. The van der Waals surface area contributed by atoms with Crippen LogP contribution >= 0.6 is 0 Å². The van der Waals surface area contributed by atoms with Crippen LogP contribution < -0.4 is 5.73 Å². The minimum Gasteiger partial charge on any atom is -0.480 e. The number of hydroxylamine groups is 2. The smallest absolute Gasteiger partial charge is 0.320 e. The van der Waals surface area contributed by atoms with Crippen LogP contribution in [0.2, 0.25) is 0 Å². The largest absolute Gasteiger partial charge is 0.480 e. The molecule has 30 heavy (non-hydrogen) atoms. The van der Waals surface area contributed by atoms with E-state index in [9.17, 15) is 9.59 Å². The summed E-state index contributed by atoms with van der Waals surface area (Å²) in [5.41, 5.74) is 5.10. The first-order chi connectivity index (χ1) is 14.5. The second-order valence-corrected chi connectivity index (χ2v) is 7.57. The van der Waals surface area contributed by atoms with Gasteiger partial charge in [0.2, 0.25) is 5.91 Å². The number of rotatable bonds is 20. The van der Waals surface area contributed by atoms with Gasteiger partial charge in [-0.25, -0.2) is 0 Å². The molecule has 0 aliphatic carbocycles. The predicted octanol–water partition coefficient (Wildman–Crippen LogP) is 5.85. The molecule has 0 aromatic carbocycles. The van der Waals surface area contributed by atoms with E-state index in [4.69, 9.17) is 15.7 Å². The van der Waals surface area contributed by atoms with Crippen molar-refractivity contribution in [3.8, 4) is 0 Å². The van der Waals surface area contributed by atoms with E-state index in [1.54, 1.807) is 0 Å². The Balaban J connectivity index is 0. The van der Waals surface area contributed by atoms with Crippen molar-refractivity contribution in [2.75, 3.05) is 19.7 Å². The van der Waals surface area contributed by atoms with Crippen LogP contribution in [0, 0.1) is 0 Å². The van der Waals surface area contributed by atoms with Gasteiger partial charge in [0, 0.05) is 13.0 Å².